The summed E-state index contributed by atoms with van der Waals surface area (Å²) < 4.78 is 36.9. The smallest absolute Gasteiger partial charge is 0.306 e. The lowest BCUT2D eigenvalue weighted by Gasteiger charge is -2.18. The number of aryl methyl sites for hydroxylation is 1. The summed E-state index contributed by atoms with van der Waals surface area (Å²) in [4.78, 5) is 24.0. The lowest BCUT2D eigenvalue weighted by atomic mass is 10.2. The van der Waals surface area contributed by atoms with Crippen LogP contribution in [0.4, 0.5) is 5.69 Å². The van der Waals surface area contributed by atoms with Crippen molar-refractivity contribution in [3.8, 4) is 5.75 Å². The van der Waals surface area contributed by atoms with Gasteiger partial charge < -0.3 is 14.8 Å². The zero-order chi connectivity index (χ0) is 23.6. The molecule has 174 valence electrons. The molecule has 1 N–H and O–H groups in total. The van der Waals surface area contributed by atoms with Crippen LogP contribution in [0, 0.1) is 6.92 Å². The molecule has 0 radical (unpaired) electrons. The molecule has 2 aromatic carbocycles. The van der Waals surface area contributed by atoms with E-state index >= 15 is 0 Å². The molecule has 0 saturated heterocycles. The minimum Gasteiger partial charge on any atom is -0.494 e. The average Bonchev–Trinajstić information content (AvgIpc) is 2.76. The van der Waals surface area contributed by atoms with Gasteiger partial charge in [-0.3, -0.25) is 9.59 Å². The summed E-state index contributed by atoms with van der Waals surface area (Å²) in [7, 11) is -3.56. The normalized spacial score (nSPS) is 11.2. The van der Waals surface area contributed by atoms with E-state index in [4.69, 9.17) is 9.47 Å². The molecule has 1 amide bonds. The molecule has 0 spiro atoms. The van der Waals surface area contributed by atoms with E-state index in [1.54, 1.807) is 13.8 Å². The number of ether oxygens (including phenoxy) is 2. The number of hydrogen-bond acceptors (Lipinski definition) is 6. The topological polar surface area (TPSA) is 102 Å². The quantitative estimate of drug-likeness (QED) is 0.383. The maximum Gasteiger partial charge on any atom is 0.306 e. The first-order chi connectivity index (χ1) is 15.3. The number of carbonyl (C=O) groups excluding carboxylic acids is 2. The number of benzene rings is 2. The van der Waals surface area contributed by atoms with E-state index in [-0.39, 0.29) is 11.3 Å². The van der Waals surface area contributed by atoms with Gasteiger partial charge in [-0.05, 0) is 55.3 Å². The number of sulfonamides is 1. The van der Waals surface area contributed by atoms with Crippen molar-refractivity contribution in [2.75, 3.05) is 31.6 Å². The first-order valence-corrected chi connectivity index (χ1v) is 12.0. The molecule has 0 aliphatic heterocycles. The van der Waals surface area contributed by atoms with Gasteiger partial charge in [-0.25, -0.2) is 8.42 Å². The Bertz CT molecular complexity index is 1000. The second-order valence-corrected chi connectivity index (χ2v) is 9.03. The molecule has 2 aromatic rings. The second-order valence-electron chi connectivity index (χ2n) is 7.09. The van der Waals surface area contributed by atoms with E-state index in [1.165, 1.54) is 28.6 Å². The van der Waals surface area contributed by atoms with E-state index in [1.807, 2.05) is 31.2 Å². The summed E-state index contributed by atoms with van der Waals surface area (Å²) >= 11 is 0. The summed E-state index contributed by atoms with van der Waals surface area (Å²) in [5, 5.41) is 2.58. The van der Waals surface area contributed by atoms with Crippen molar-refractivity contribution in [2.24, 2.45) is 0 Å². The summed E-state index contributed by atoms with van der Waals surface area (Å²) in [6, 6.07) is 13.5. The number of rotatable bonds is 12. The molecule has 2 rings (SSSR count). The van der Waals surface area contributed by atoms with Crippen LogP contribution in [0.1, 0.15) is 32.3 Å². The molecule has 0 aliphatic carbocycles. The fourth-order valence-corrected chi connectivity index (χ4v) is 4.41. The maximum atomic E-state index is 12.5. The molecular formula is C23H30N2O6S. The minimum atomic E-state index is -3.56. The van der Waals surface area contributed by atoms with Gasteiger partial charge in [-0.2, -0.15) is 4.31 Å². The average molecular weight is 463 g/mol. The minimum absolute atomic E-state index is 0.136. The third-order valence-corrected chi connectivity index (χ3v) is 6.69. The van der Waals surface area contributed by atoms with Gasteiger partial charge in [0.05, 0.1) is 11.5 Å². The van der Waals surface area contributed by atoms with E-state index < -0.39 is 28.5 Å². The third kappa shape index (κ3) is 7.65. The molecule has 9 heteroatoms. The summed E-state index contributed by atoms with van der Waals surface area (Å²) in [6.07, 6.45) is 0.605. The lowest BCUT2D eigenvalue weighted by Crippen LogP contribution is -2.30. The number of nitrogens with zero attached hydrogens (tertiary/aromatic N) is 1. The number of nitrogens with one attached hydrogen (secondary N) is 1. The highest BCUT2D eigenvalue weighted by molar-refractivity contribution is 7.89. The zero-order valence-electron chi connectivity index (χ0n) is 18.7. The number of hydrogen-bond donors (Lipinski definition) is 1. The zero-order valence-corrected chi connectivity index (χ0v) is 19.5. The fourth-order valence-electron chi connectivity index (χ4n) is 2.95. The van der Waals surface area contributed by atoms with Gasteiger partial charge in [0, 0.05) is 25.2 Å². The van der Waals surface area contributed by atoms with Crippen molar-refractivity contribution in [1.82, 2.24) is 4.31 Å². The van der Waals surface area contributed by atoms with Crippen LogP contribution >= 0.6 is 0 Å². The van der Waals surface area contributed by atoms with Gasteiger partial charge >= 0.3 is 5.97 Å². The van der Waals surface area contributed by atoms with Gasteiger partial charge in [0.2, 0.25) is 10.0 Å². The van der Waals surface area contributed by atoms with Crippen molar-refractivity contribution in [3.63, 3.8) is 0 Å². The number of esters is 1. The molecule has 0 aromatic heterocycles. The van der Waals surface area contributed by atoms with Crippen molar-refractivity contribution in [3.05, 3.63) is 54.1 Å². The Labute approximate surface area is 189 Å². The van der Waals surface area contributed by atoms with E-state index in [0.29, 0.717) is 31.8 Å². The van der Waals surface area contributed by atoms with E-state index in [2.05, 4.69) is 5.32 Å². The van der Waals surface area contributed by atoms with Gasteiger partial charge in [0.1, 0.15) is 5.75 Å². The Balaban J connectivity index is 1.72. The molecule has 0 fully saturated rings. The van der Waals surface area contributed by atoms with E-state index in [9.17, 15) is 18.0 Å². The molecule has 8 nitrogen and oxygen atoms in total. The molecule has 0 atom stereocenters. The van der Waals surface area contributed by atoms with Gasteiger partial charge in [-0.1, -0.05) is 26.0 Å². The summed E-state index contributed by atoms with van der Waals surface area (Å²) in [6.45, 7) is 6.21. The Morgan fingerprint density at radius 1 is 1.03 bits per heavy atom. The Morgan fingerprint density at radius 3 is 2.34 bits per heavy atom. The summed E-state index contributed by atoms with van der Waals surface area (Å²) in [5.41, 5.74) is 1.50. The van der Waals surface area contributed by atoms with Crippen molar-refractivity contribution >= 4 is 27.6 Å². The Hall–Kier alpha value is -2.91. The molecular weight excluding hydrogens is 432 g/mol. The van der Waals surface area contributed by atoms with Crippen molar-refractivity contribution in [2.45, 2.75) is 38.5 Å². The first-order valence-electron chi connectivity index (χ1n) is 10.5. The predicted molar refractivity (Wildman–Crippen MR) is 122 cm³/mol. The Kier molecular flexibility index (Phi) is 9.67. The third-order valence-electron chi connectivity index (χ3n) is 4.63. The highest BCUT2D eigenvalue weighted by Crippen LogP contribution is 2.18. The standard InChI is InChI=1S/C23H30N2O6S/c1-4-25(5-2)32(28,29)21-13-11-19(12-14-21)24-22(26)17-31-23(27)10-7-15-30-20-9-6-8-18(3)16-20/h6,8-9,11-14,16H,4-5,7,10,15,17H2,1-3H3,(H,24,26). The van der Waals surface area contributed by atoms with Crippen LogP contribution in [-0.4, -0.2) is 50.9 Å². The fraction of sp³-hybridized carbons (Fsp3) is 0.391. The van der Waals surface area contributed by atoms with Crippen LogP contribution in [0.2, 0.25) is 0 Å². The van der Waals surface area contributed by atoms with Crippen LogP contribution in [0.5, 0.6) is 5.75 Å². The van der Waals surface area contributed by atoms with Crippen LogP contribution in [0.3, 0.4) is 0 Å². The number of anilines is 1. The second kappa shape index (κ2) is 12.2. The molecule has 0 unspecified atom stereocenters. The summed E-state index contributed by atoms with van der Waals surface area (Å²) in [5.74, 6) is -0.254. The molecule has 0 saturated carbocycles. The lowest BCUT2D eigenvalue weighted by molar-refractivity contribution is -0.147. The molecule has 0 heterocycles. The number of amides is 1. The van der Waals surface area contributed by atoms with Crippen LogP contribution in [0.15, 0.2) is 53.4 Å². The predicted octanol–water partition coefficient (Wildman–Crippen LogP) is 3.37. The van der Waals surface area contributed by atoms with Gasteiger partial charge in [0.15, 0.2) is 6.61 Å². The molecule has 32 heavy (non-hydrogen) atoms. The van der Waals surface area contributed by atoms with Crippen LogP contribution < -0.4 is 10.1 Å². The molecule has 0 aliphatic rings. The Morgan fingerprint density at radius 2 is 1.72 bits per heavy atom. The highest BCUT2D eigenvalue weighted by atomic mass is 32.2. The SMILES string of the molecule is CCN(CC)S(=O)(=O)c1ccc(NC(=O)COC(=O)CCCOc2cccc(C)c2)cc1. The van der Waals surface area contributed by atoms with Gasteiger partial charge in [-0.15, -0.1) is 0 Å². The van der Waals surface area contributed by atoms with Gasteiger partial charge in [0.25, 0.3) is 5.91 Å². The van der Waals surface area contributed by atoms with Crippen molar-refractivity contribution < 1.29 is 27.5 Å². The monoisotopic (exact) mass is 462 g/mol. The first kappa shape index (κ1) is 25.4. The maximum absolute atomic E-state index is 12.5. The molecule has 0 bridgehead atoms. The number of carbonyl (C=O) groups is 2. The largest absolute Gasteiger partial charge is 0.494 e. The van der Waals surface area contributed by atoms with E-state index in [0.717, 1.165) is 11.3 Å². The highest BCUT2D eigenvalue weighted by Gasteiger charge is 2.21. The van der Waals surface area contributed by atoms with Crippen LogP contribution in [-0.2, 0) is 24.3 Å². The van der Waals surface area contributed by atoms with Crippen LogP contribution in [0.25, 0.3) is 0 Å². The van der Waals surface area contributed by atoms with Crippen molar-refractivity contribution in [1.29, 1.82) is 0 Å².